The van der Waals surface area contributed by atoms with Crippen LogP contribution in [0.15, 0.2) is 24.3 Å². The summed E-state index contributed by atoms with van der Waals surface area (Å²) < 4.78 is 4.61. The van der Waals surface area contributed by atoms with Crippen molar-refractivity contribution < 1.29 is 23.9 Å². The number of benzene rings is 1. The Morgan fingerprint density at radius 3 is 2.14 bits per heavy atom. The van der Waals surface area contributed by atoms with Gasteiger partial charge in [-0.3, -0.25) is 19.3 Å². The number of amides is 2. The number of ether oxygens (including phenoxy) is 1. The summed E-state index contributed by atoms with van der Waals surface area (Å²) in [5.74, 6) is -2.28. The fraction of sp³-hybridized carbons (Fsp3) is 0.286. The maximum atomic E-state index is 12.3. The first-order valence-corrected chi connectivity index (χ1v) is 7.25. The lowest BCUT2D eigenvalue weighted by atomic mass is 10.1. The number of rotatable bonds is 5. The minimum absolute atomic E-state index is 0.0314. The molecular weight excluding hydrogens is 342 g/mol. The Kier molecular flexibility index (Phi) is 4.52. The first-order chi connectivity index (χ1) is 10.0. The maximum Gasteiger partial charge on any atom is 0.329 e. The van der Waals surface area contributed by atoms with Crippen molar-refractivity contribution in [2.45, 2.75) is 12.5 Å². The van der Waals surface area contributed by atoms with Crippen LogP contribution >= 0.6 is 15.9 Å². The van der Waals surface area contributed by atoms with Crippen LogP contribution < -0.4 is 0 Å². The second-order valence-electron chi connectivity index (χ2n) is 4.44. The van der Waals surface area contributed by atoms with E-state index in [9.17, 15) is 19.2 Å². The molecule has 0 fully saturated rings. The fourth-order valence-electron chi connectivity index (χ4n) is 2.18. The molecular formula is C14H12BrNO5. The van der Waals surface area contributed by atoms with E-state index in [1.54, 1.807) is 12.1 Å². The standard InChI is InChI=1S/C14H12BrNO5/c1-21-14(20)11(6-8(17)7-15)16-12(18)9-4-2-3-5-10(9)13(16)19/h2-5,11H,6-7H2,1H3. The third kappa shape index (κ3) is 2.73. The van der Waals surface area contributed by atoms with Gasteiger partial charge in [0, 0.05) is 6.42 Å². The van der Waals surface area contributed by atoms with Gasteiger partial charge in [-0.05, 0) is 12.1 Å². The van der Waals surface area contributed by atoms with Gasteiger partial charge in [0.1, 0.15) is 11.8 Å². The molecule has 0 bridgehead atoms. The number of alkyl halides is 1. The quantitative estimate of drug-likeness (QED) is 0.451. The summed E-state index contributed by atoms with van der Waals surface area (Å²) in [4.78, 5) is 48.9. The molecule has 1 aromatic carbocycles. The van der Waals surface area contributed by atoms with Crippen molar-refractivity contribution in [1.29, 1.82) is 0 Å². The van der Waals surface area contributed by atoms with Crippen LogP contribution in [0.2, 0.25) is 0 Å². The second-order valence-corrected chi connectivity index (χ2v) is 5.00. The number of ketones is 1. The molecule has 0 saturated carbocycles. The number of hydrogen-bond donors (Lipinski definition) is 0. The van der Waals surface area contributed by atoms with Crippen LogP contribution in [0, 0.1) is 0 Å². The monoisotopic (exact) mass is 353 g/mol. The number of hydrogen-bond acceptors (Lipinski definition) is 5. The van der Waals surface area contributed by atoms with Crippen molar-refractivity contribution in [3.05, 3.63) is 35.4 Å². The average Bonchev–Trinajstić information content (AvgIpc) is 2.76. The highest BCUT2D eigenvalue weighted by Gasteiger charge is 2.43. The van der Waals surface area contributed by atoms with E-state index in [1.807, 2.05) is 0 Å². The fourth-order valence-corrected chi connectivity index (χ4v) is 2.41. The van der Waals surface area contributed by atoms with Gasteiger partial charge in [0.25, 0.3) is 11.8 Å². The summed E-state index contributed by atoms with van der Waals surface area (Å²) in [5.41, 5.74) is 0.449. The number of carbonyl (C=O) groups is 4. The van der Waals surface area contributed by atoms with Gasteiger partial charge in [0.2, 0.25) is 0 Å². The minimum atomic E-state index is -1.24. The Bertz CT molecular complexity index is 593. The normalized spacial score (nSPS) is 14.9. The SMILES string of the molecule is COC(=O)C(CC(=O)CBr)N1C(=O)c2ccccc2C1=O. The van der Waals surface area contributed by atoms with Crippen molar-refractivity contribution in [3.63, 3.8) is 0 Å². The summed E-state index contributed by atoms with van der Waals surface area (Å²) in [5, 5.41) is 0.0314. The molecule has 0 N–H and O–H groups in total. The van der Waals surface area contributed by atoms with Crippen molar-refractivity contribution in [3.8, 4) is 0 Å². The van der Waals surface area contributed by atoms with Gasteiger partial charge < -0.3 is 4.74 Å². The number of imide groups is 1. The van der Waals surface area contributed by atoms with Crippen LogP contribution in [0.1, 0.15) is 27.1 Å². The van der Waals surface area contributed by atoms with E-state index in [4.69, 9.17) is 0 Å². The number of Topliss-reactive ketones (excluding diaryl/α,β-unsaturated/α-hetero) is 1. The van der Waals surface area contributed by atoms with Crippen LogP contribution in [-0.4, -0.2) is 46.9 Å². The Labute approximate surface area is 129 Å². The van der Waals surface area contributed by atoms with E-state index in [2.05, 4.69) is 20.7 Å². The summed E-state index contributed by atoms with van der Waals surface area (Å²) in [6.07, 6.45) is -0.274. The molecule has 1 unspecified atom stereocenters. The van der Waals surface area contributed by atoms with Crippen LogP contribution in [0.3, 0.4) is 0 Å². The number of carbonyl (C=O) groups excluding carboxylic acids is 4. The molecule has 2 amide bonds. The zero-order valence-corrected chi connectivity index (χ0v) is 12.8. The van der Waals surface area contributed by atoms with E-state index in [1.165, 1.54) is 12.1 Å². The van der Waals surface area contributed by atoms with E-state index in [0.717, 1.165) is 12.0 Å². The largest absolute Gasteiger partial charge is 0.467 e. The van der Waals surface area contributed by atoms with Crippen molar-refractivity contribution in [1.82, 2.24) is 4.90 Å². The first-order valence-electron chi connectivity index (χ1n) is 6.13. The molecule has 0 aromatic heterocycles. The summed E-state index contributed by atoms with van der Waals surface area (Å²) in [6.45, 7) is 0. The van der Waals surface area contributed by atoms with Gasteiger partial charge in [0.05, 0.1) is 23.6 Å². The van der Waals surface area contributed by atoms with Crippen molar-refractivity contribution >= 4 is 39.5 Å². The lowest BCUT2D eigenvalue weighted by Crippen LogP contribution is -2.46. The summed E-state index contributed by atoms with van der Waals surface area (Å²) in [6, 6.07) is 5.04. The van der Waals surface area contributed by atoms with Crippen LogP contribution in [0.4, 0.5) is 0 Å². The molecule has 1 atom stereocenters. The highest BCUT2D eigenvalue weighted by atomic mass is 79.9. The Morgan fingerprint density at radius 2 is 1.71 bits per heavy atom. The van der Waals surface area contributed by atoms with E-state index in [0.29, 0.717) is 0 Å². The number of methoxy groups -OCH3 is 1. The van der Waals surface area contributed by atoms with E-state index < -0.39 is 23.8 Å². The van der Waals surface area contributed by atoms with E-state index in [-0.39, 0.29) is 28.7 Å². The Balaban J connectivity index is 2.38. The Morgan fingerprint density at radius 1 is 1.19 bits per heavy atom. The molecule has 1 aromatic rings. The lowest BCUT2D eigenvalue weighted by molar-refractivity contribution is -0.146. The summed E-state index contributed by atoms with van der Waals surface area (Å²) in [7, 11) is 1.14. The average molecular weight is 354 g/mol. The van der Waals surface area contributed by atoms with Gasteiger partial charge >= 0.3 is 5.97 Å². The molecule has 6 nitrogen and oxygen atoms in total. The highest BCUT2D eigenvalue weighted by Crippen LogP contribution is 2.26. The topological polar surface area (TPSA) is 80.8 Å². The van der Waals surface area contributed by atoms with Crippen LogP contribution in [0.25, 0.3) is 0 Å². The van der Waals surface area contributed by atoms with Crippen LogP contribution in [0.5, 0.6) is 0 Å². The molecule has 21 heavy (non-hydrogen) atoms. The van der Waals surface area contributed by atoms with Crippen molar-refractivity contribution in [2.75, 3.05) is 12.4 Å². The molecule has 2 rings (SSSR count). The van der Waals surface area contributed by atoms with Crippen molar-refractivity contribution in [2.24, 2.45) is 0 Å². The van der Waals surface area contributed by atoms with Gasteiger partial charge in [-0.2, -0.15) is 0 Å². The van der Waals surface area contributed by atoms with Crippen LogP contribution in [-0.2, 0) is 14.3 Å². The predicted octanol–water partition coefficient (Wildman–Crippen LogP) is 1.18. The molecule has 7 heteroatoms. The zero-order chi connectivity index (χ0) is 15.6. The third-order valence-electron chi connectivity index (χ3n) is 3.18. The number of esters is 1. The Hall–Kier alpha value is -2.02. The van der Waals surface area contributed by atoms with Gasteiger partial charge in [-0.25, -0.2) is 4.79 Å². The molecule has 0 saturated heterocycles. The second kappa shape index (κ2) is 6.17. The summed E-state index contributed by atoms with van der Waals surface area (Å²) >= 11 is 2.99. The number of fused-ring (bicyclic) bond motifs is 1. The predicted molar refractivity (Wildman–Crippen MR) is 76.2 cm³/mol. The number of halogens is 1. The molecule has 0 aliphatic carbocycles. The third-order valence-corrected chi connectivity index (χ3v) is 3.81. The van der Waals surface area contributed by atoms with Gasteiger partial charge in [-0.1, -0.05) is 28.1 Å². The highest BCUT2D eigenvalue weighted by molar-refractivity contribution is 9.09. The van der Waals surface area contributed by atoms with E-state index >= 15 is 0 Å². The molecule has 110 valence electrons. The smallest absolute Gasteiger partial charge is 0.329 e. The molecule has 0 radical (unpaired) electrons. The lowest BCUT2D eigenvalue weighted by Gasteiger charge is -2.23. The van der Waals surface area contributed by atoms with Gasteiger partial charge in [0.15, 0.2) is 0 Å². The zero-order valence-electron chi connectivity index (χ0n) is 11.2. The first kappa shape index (κ1) is 15.4. The van der Waals surface area contributed by atoms with Gasteiger partial charge in [-0.15, -0.1) is 0 Å². The molecule has 1 heterocycles. The number of nitrogens with zero attached hydrogens (tertiary/aromatic N) is 1. The maximum absolute atomic E-state index is 12.3. The molecule has 1 aliphatic rings. The minimum Gasteiger partial charge on any atom is -0.467 e. The molecule has 0 spiro atoms. The molecule has 1 aliphatic heterocycles.